The Bertz CT molecular complexity index is 522. The first-order valence-electron chi connectivity index (χ1n) is 5.47. The second-order valence-electron chi connectivity index (χ2n) is 4.28. The van der Waals surface area contributed by atoms with Crippen molar-refractivity contribution in [2.45, 2.75) is 19.4 Å². The Kier molecular flexibility index (Phi) is 3.50. The second-order valence-corrected chi connectivity index (χ2v) is 4.69. The molecule has 0 bridgehead atoms. The van der Waals surface area contributed by atoms with Crippen LogP contribution in [0.4, 0.5) is 0 Å². The van der Waals surface area contributed by atoms with E-state index in [9.17, 15) is 5.11 Å². The van der Waals surface area contributed by atoms with Gasteiger partial charge in [-0.15, -0.1) is 0 Å². The van der Waals surface area contributed by atoms with Crippen LogP contribution >= 0.6 is 11.6 Å². The minimum atomic E-state index is -0.614. The van der Waals surface area contributed by atoms with Crippen molar-refractivity contribution in [2.75, 3.05) is 0 Å². The number of benzene rings is 1. The van der Waals surface area contributed by atoms with Gasteiger partial charge in [0, 0.05) is 24.7 Å². The normalized spacial score (nSPS) is 12.7. The van der Waals surface area contributed by atoms with Crippen molar-refractivity contribution in [3.05, 3.63) is 52.6 Å². The lowest BCUT2D eigenvalue weighted by Crippen LogP contribution is -2.03. The summed E-state index contributed by atoms with van der Waals surface area (Å²) in [7, 11) is 1.88. The van der Waals surface area contributed by atoms with E-state index in [0.717, 1.165) is 11.1 Å². The third kappa shape index (κ3) is 2.87. The highest BCUT2D eigenvalue weighted by Gasteiger charge is 2.13. The lowest BCUT2D eigenvalue weighted by atomic mass is 10.0. The summed E-state index contributed by atoms with van der Waals surface area (Å²) in [6.07, 6.45) is 3.36. The van der Waals surface area contributed by atoms with Crippen LogP contribution in [-0.2, 0) is 13.5 Å². The molecule has 0 amide bonds. The van der Waals surface area contributed by atoms with Crippen LogP contribution in [0.25, 0.3) is 0 Å². The standard InChI is InChI=1S/C13H15ClN2O/c1-9-3-4-10(11(14)5-9)6-13(17)12-7-16(2)8-15-12/h3-5,7-8,13,17H,6H2,1-2H3. The number of halogens is 1. The Balaban J connectivity index is 2.15. The first-order chi connectivity index (χ1) is 8.06. The smallest absolute Gasteiger partial charge is 0.102 e. The summed E-state index contributed by atoms with van der Waals surface area (Å²) in [4.78, 5) is 4.13. The fourth-order valence-electron chi connectivity index (χ4n) is 1.74. The van der Waals surface area contributed by atoms with Gasteiger partial charge in [-0.3, -0.25) is 0 Å². The lowest BCUT2D eigenvalue weighted by molar-refractivity contribution is 0.174. The average Bonchev–Trinajstić information content (AvgIpc) is 2.69. The van der Waals surface area contributed by atoms with E-state index >= 15 is 0 Å². The minimum absolute atomic E-state index is 0.482. The highest BCUT2D eigenvalue weighted by molar-refractivity contribution is 6.31. The molecule has 0 fully saturated rings. The summed E-state index contributed by atoms with van der Waals surface area (Å²) in [6, 6.07) is 5.85. The van der Waals surface area contributed by atoms with E-state index in [-0.39, 0.29) is 0 Å². The molecule has 0 spiro atoms. The molecule has 0 saturated heterocycles. The topological polar surface area (TPSA) is 38.0 Å². The van der Waals surface area contributed by atoms with Gasteiger partial charge in [0.2, 0.25) is 0 Å². The van der Waals surface area contributed by atoms with Crippen LogP contribution < -0.4 is 0 Å². The van der Waals surface area contributed by atoms with Crippen molar-refractivity contribution in [1.29, 1.82) is 0 Å². The number of hydrogen-bond acceptors (Lipinski definition) is 2. The molecule has 0 saturated carbocycles. The molecule has 1 heterocycles. The van der Waals surface area contributed by atoms with Crippen LogP contribution in [0, 0.1) is 6.92 Å². The van der Waals surface area contributed by atoms with Crippen LogP contribution in [-0.4, -0.2) is 14.7 Å². The summed E-state index contributed by atoms with van der Waals surface area (Å²) in [5.41, 5.74) is 2.73. The van der Waals surface area contributed by atoms with E-state index in [4.69, 9.17) is 11.6 Å². The van der Waals surface area contributed by atoms with E-state index in [1.165, 1.54) is 0 Å². The average molecular weight is 251 g/mol. The first-order valence-corrected chi connectivity index (χ1v) is 5.85. The first kappa shape index (κ1) is 12.1. The molecule has 0 radical (unpaired) electrons. The molecule has 1 N–H and O–H groups in total. The predicted octanol–water partition coefficient (Wildman–Crippen LogP) is 2.66. The van der Waals surface area contributed by atoms with Gasteiger partial charge in [0.25, 0.3) is 0 Å². The van der Waals surface area contributed by atoms with E-state index < -0.39 is 6.10 Å². The Morgan fingerprint density at radius 1 is 1.47 bits per heavy atom. The molecule has 1 aromatic heterocycles. The van der Waals surface area contributed by atoms with Crippen molar-refractivity contribution in [3.8, 4) is 0 Å². The highest BCUT2D eigenvalue weighted by Crippen LogP contribution is 2.23. The van der Waals surface area contributed by atoms with E-state index in [0.29, 0.717) is 17.1 Å². The molecule has 17 heavy (non-hydrogen) atoms. The Labute approximate surface area is 106 Å². The third-order valence-corrected chi connectivity index (χ3v) is 3.04. The molecule has 3 nitrogen and oxygen atoms in total. The maximum absolute atomic E-state index is 10.0. The van der Waals surface area contributed by atoms with Crippen molar-refractivity contribution >= 4 is 11.6 Å². The van der Waals surface area contributed by atoms with Gasteiger partial charge in [0.05, 0.1) is 12.0 Å². The summed E-state index contributed by atoms with van der Waals surface area (Å²) in [5.74, 6) is 0. The molecule has 1 unspecified atom stereocenters. The van der Waals surface area contributed by atoms with Gasteiger partial charge in [-0.1, -0.05) is 23.7 Å². The van der Waals surface area contributed by atoms with Gasteiger partial charge >= 0.3 is 0 Å². The zero-order valence-electron chi connectivity index (χ0n) is 9.89. The number of aliphatic hydroxyl groups excluding tert-OH is 1. The van der Waals surface area contributed by atoms with Crippen LogP contribution in [0.15, 0.2) is 30.7 Å². The van der Waals surface area contributed by atoms with E-state index in [2.05, 4.69) is 4.98 Å². The van der Waals surface area contributed by atoms with Crippen LogP contribution in [0.3, 0.4) is 0 Å². The highest BCUT2D eigenvalue weighted by atomic mass is 35.5. The van der Waals surface area contributed by atoms with Gasteiger partial charge in [-0.2, -0.15) is 0 Å². The number of imidazole rings is 1. The van der Waals surface area contributed by atoms with Crippen LogP contribution in [0.5, 0.6) is 0 Å². The van der Waals surface area contributed by atoms with Crippen LogP contribution in [0.1, 0.15) is 22.9 Å². The van der Waals surface area contributed by atoms with Crippen molar-refractivity contribution in [3.63, 3.8) is 0 Å². The summed E-state index contributed by atoms with van der Waals surface area (Å²) in [6.45, 7) is 1.99. The van der Waals surface area contributed by atoms with Crippen molar-refractivity contribution in [1.82, 2.24) is 9.55 Å². The fourth-order valence-corrected chi connectivity index (χ4v) is 2.05. The monoisotopic (exact) mass is 250 g/mol. The Morgan fingerprint density at radius 2 is 2.24 bits per heavy atom. The molecule has 0 aliphatic heterocycles. The van der Waals surface area contributed by atoms with Gasteiger partial charge in [-0.05, 0) is 24.1 Å². The molecule has 1 aromatic carbocycles. The molecular weight excluding hydrogens is 236 g/mol. The molecule has 1 atom stereocenters. The number of aryl methyl sites for hydroxylation is 2. The third-order valence-electron chi connectivity index (χ3n) is 2.69. The van der Waals surface area contributed by atoms with Gasteiger partial charge in [0.1, 0.15) is 6.10 Å². The van der Waals surface area contributed by atoms with Gasteiger partial charge in [-0.25, -0.2) is 4.98 Å². The zero-order valence-corrected chi connectivity index (χ0v) is 10.6. The largest absolute Gasteiger partial charge is 0.386 e. The number of rotatable bonds is 3. The molecule has 2 rings (SSSR count). The number of aliphatic hydroxyl groups is 1. The van der Waals surface area contributed by atoms with Crippen molar-refractivity contribution in [2.24, 2.45) is 7.05 Å². The Morgan fingerprint density at radius 3 is 2.82 bits per heavy atom. The lowest BCUT2D eigenvalue weighted by Gasteiger charge is -2.10. The maximum Gasteiger partial charge on any atom is 0.102 e. The Hall–Kier alpha value is -1.32. The minimum Gasteiger partial charge on any atom is -0.386 e. The number of aromatic nitrogens is 2. The van der Waals surface area contributed by atoms with Crippen molar-refractivity contribution < 1.29 is 5.11 Å². The number of hydrogen-bond donors (Lipinski definition) is 1. The van der Waals surface area contributed by atoms with Gasteiger partial charge < -0.3 is 9.67 Å². The number of nitrogens with zero attached hydrogens (tertiary/aromatic N) is 2. The maximum atomic E-state index is 10.0. The van der Waals surface area contributed by atoms with Gasteiger partial charge in [0.15, 0.2) is 0 Å². The SMILES string of the molecule is Cc1ccc(CC(O)c2cn(C)cn2)c(Cl)c1. The summed E-state index contributed by atoms with van der Waals surface area (Å²) in [5, 5.41) is 10.7. The predicted molar refractivity (Wildman–Crippen MR) is 68.1 cm³/mol. The molecule has 90 valence electrons. The van der Waals surface area contributed by atoms with E-state index in [1.54, 1.807) is 6.33 Å². The fraction of sp³-hybridized carbons (Fsp3) is 0.308. The molecule has 0 aliphatic carbocycles. The second kappa shape index (κ2) is 4.90. The van der Waals surface area contributed by atoms with Crippen LogP contribution in [0.2, 0.25) is 5.02 Å². The summed E-state index contributed by atoms with van der Waals surface area (Å²) < 4.78 is 1.81. The molecular formula is C13H15ClN2O. The quantitative estimate of drug-likeness (QED) is 0.910. The molecule has 0 aliphatic rings. The zero-order chi connectivity index (χ0) is 12.4. The molecule has 4 heteroatoms. The molecule has 2 aromatic rings. The summed E-state index contributed by atoms with van der Waals surface area (Å²) >= 11 is 6.13. The van der Waals surface area contributed by atoms with E-state index in [1.807, 2.05) is 42.9 Å².